The summed E-state index contributed by atoms with van der Waals surface area (Å²) in [5.74, 6) is -1.71. The van der Waals surface area contributed by atoms with Crippen molar-refractivity contribution in [3.05, 3.63) is 35.9 Å². The number of benzene rings is 1. The van der Waals surface area contributed by atoms with Crippen molar-refractivity contribution in [1.29, 1.82) is 0 Å². The number of aliphatic carboxylic acids is 1. The van der Waals surface area contributed by atoms with Crippen molar-refractivity contribution < 1.29 is 24.2 Å². The maximum absolute atomic E-state index is 13.8. The third kappa shape index (κ3) is 7.87. The molecule has 1 rings (SSSR count). The highest BCUT2D eigenvalue weighted by atomic mass is 16.5. The average molecular weight is 491 g/mol. The Balaban J connectivity index is 3.23. The van der Waals surface area contributed by atoms with Crippen LogP contribution in [-0.2, 0) is 24.5 Å². The van der Waals surface area contributed by atoms with E-state index in [9.17, 15) is 19.5 Å². The zero-order valence-corrected chi connectivity index (χ0v) is 23.0. The smallest absolute Gasteiger partial charge is 0.306 e. The minimum Gasteiger partial charge on any atom is -0.481 e. The van der Waals surface area contributed by atoms with Crippen molar-refractivity contribution in [2.75, 3.05) is 21.2 Å². The van der Waals surface area contributed by atoms with Crippen molar-refractivity contribution in [2.45, 2.75) is 84.4 Å². The molecule has 0 aliphatic rings. The van der Waals surface area contributed by atoms with Gasteiger partial charge < -0.3 is 20.1 Å². The normalized spacial score (nSPS) is 16.3. The van der Waals surface area contributed by atoms with E-state index in [2.05, 4.69) is 5.32 Å². The standard InChI is InChI=1S/C28H46N2O5/c1-10-19(4)25(23(35-9)17-24(32)33)30(8)27(34)21(18(2)3)16-22(31)26(29-7)28(5,6)20-14-12-11-13-15-20/h11-15,18-19,21,23,25-26,29H,10,16-17H2,1-9H3,(H,32,33)/t19-,21-,23+,25-,26+/m0/s1. The fourth-order valence-corrected chi connectivity index (χ4v) is 5.06. The molecule has 0 saturated heterocycles. The molecule has 0 heterocycles. The number of carboxylic acid groups (broad SMARTS) is 1. The van der Waals surface area contributed by atoms with Crippen molar-refractivity contribution in [3.8, 4) is 0 Å². The number of hydrogen-bond acceptors (Lipinski definition) is 5. The van der Waals surface area contributed by atoms with Crippen LogP contribution in [0.3, 0.4) is 0 Å². The molecule has 1 aromatic rings. The first-order valence-corrected chi connectivity index (χ1v) is 12.6. The molecule has 0 spiro atoms. The van der Waals surface area contributed by atoms with Crippen LogP contribution in [0.1, 0.15) is 66.4 Å². The van der Waals surface area contributed by atoms with E-state index < -0.39 is 35.5 Å². The molecular weight excluding hydrogens is 444 g/mol. The van der Waals surface area contributed by atoms with Gasteiger partial charge in [-0.15, -0.1) is 0 Å². The van der Waals surface area contributed by atoms with Gasteiger partial charge in [0, 0.05) is 31.9 Å². The molecule has 0 saturated carbocycles. The van der Waals surface area contributed by atoms with Crippen LogP contribution < -0.4 is 5.32 Å². The number of carbonyl (C=O) groups is 3. The molecule has 0 unspecified atom stereocenters. The first-order valence-electron chi connectivity index (χ1n) is 12.6. The number of methoxy groups -OCH3 is 1. The lowest BCUT2D eigenvalue weighted by Crippen LogP contribution is -2.53. The zero-order chi connectivity index (χ0) is 26.9. The molecular formula is C28H46N2O5. The molecule has 0 aliphatic carbocycles. The van der Waals surface area contributed by atoms with Gasteiger partial charge in [0.05, 0.1) is 24.6 Å². The van der Waals surface area contributed by atoms with Crippen LogP contribution in [0.5, 0.6) is 0 Å². The van der Waals surface area contributed by atoms with Crippen LogP contribution in [0.15, 0.2) is 30.3 Å². The first-order chi connectivity index (χ1) is 16.3. The third-order valence-electron chi connectivity index (χ3n) is 7.47. The van der Waals surface area contributed by atoms with E-state index in [1.54, 1.807) is 19.0 Å². The summed E-state index contributed by atoms with van der Waals surface area (Å²) in [6.45, 7) is 12.0. The Morgan fingerprint density at radius 2 is 1.66 bits per heavy atom. The fourth-order valence-electron chi connectivity index (χ4n) is 5.06. The van der Waals surface area contributed by atoms with Gasteiger partial charge in [0.2, 0.25) is 5.91 Å². The molecule has 7 heteroatoms. The Kier molecular flexibility index (Phi) is 12.1. The number of ketones is 1. The minimum atomic E-state index is -0.971. The summed E-state index contributed by atoms with van der Waals surface area (Å²) >= 11 is 0. The highest BCUT2D eigenvalue weighted by Crippen LogP contribution is 2.31. The van der Waals surface area contributed by atoms with Gasteiger partial charge in [0.1, 0.15) is 0 Å². The molecule has 0 fully saturated rings. The number of carbonyl (C=O) groups excluding carboxylic acids is 2. The fraction of sp³-hybridized carbons (Fsp3) is 0.679. The van der Waals surface area contributed by atoms with Crippen LogP contribution in [0.4, 0.5) is 0 Å². The van der Waals surface area contributed by atoms with Gasteiger partial charge in [0.15, 0.2) is 5.78 Å². The van der Waals surface area contributed by atoms with Gasteiger partial charge in [-0.05, 0) is 24.4 Å². The number of carboxylic acids is 1. The Bertz CT molecular complexity index is 824. The number of ether oxygens (including phenoxy) is 1. The molecule has 0 bridgehead atoms. The van der Waals surface area contributed by atoms with E-state index in [0.717, 1.165) is 12.0 Å². The summed E-state index contributed by atoms with van der Waals surface area (Å²) in [6, 6.07) is 9.02. The summed E-state index contributed by atoms with van der Waals surface area (Å²) in [5, 5.41) is 12.6. The monoisotopic (exact) mass is 490 g/mol. The van der Waals surface area contributed by atoms with Gasteiger partial charge >= 0.3 is 5.97 Å². The molecule has 198 valence electrons. The molecule has 0 radical (unpaired) electrons. The summed E-state index contributed by atoms with van der Waals surface area (Å²) < 4.78 is 5.54. The van der Waals surface area contributed by atoms with Crippen molar-refractivity contribution in [1.82, 2.24) is 10.2 Å². The third-order valence-corrected chi connectivity index (χ3v) is 7.47. The lowest BCUT2D eigenvalue weighted by atomic mass is 9.74. The number of nitrogens with one attached hydrogen (secondary N) is 1. The van der Waals surface area contributed by atoms with E-state index >= 15 is 0 Å². The second-order valence-corrected chi connectivity index (χ2v) is 10.5. The number of Topliss-reactive ketones (excluding diaryl/α,β-unsaturated/α-hetero) is 1. The summed E-state index contributed by atoms with van der Waals surface area (Å²) in [4.78, 5) is 40.4. The van der Waals surface area contributed by atoms with E-state index in [4.69, 9.17) is 4.74 Å². The molecule has 0 aromatic heterocycles. The van der Waals surface area contributed by atoms with Crippen molar-refractivity contribution in [3.63, 3.8) is 0 Å². The number of rotatable bonds is 15. The number of likely N-dealkylation sites (N-methyl/N-ethyl adjacent to an activating group) is 2. The van der Waals surface area contributed by atoms with Crippen LogP contribution in [-0.4, -0.2) is 67.1 Å². The first kappa shape index (κ1) is 30.8. The largest absolute Gasteiger partial charge is 0.481 e. The maximum Gasteiger partial charge on any atom is 0.306 e. The predicted molar refractivity (Wildman–Crippen MR) is 139 cm³/mol. The van der Waals surface area contributed by atoms with Crippen molar-refractivity contribution in [2.24, 2.45) is 17.8 Å². The highest BCUT2D eigenvalue weighted by Gasteiger charge is 2.40. The van der Waals surface area contributed by atoms with Gasteiger partial charge in [0.25, 0.3) is 0 Å². The quantitative estimate of drug-likeness (QED) is 0.384. The summed E-state index contributed by atoms with van der Waals surface area (Å²) in [6.07, 6.45) is 0.0376. The Morgan fingerprint density at radius 1 is 1.09 bits per heavy atom. The van der Waals surface area contributed by atoms with Crippen LogP contribution >= 0.6 is 0 Å². The SMILES string of the molecule is CC[C@H](C)[C@@H]([C@@H](CC(=O)O)OC)N(C)C(=O)[C@@H](CC(=O)[C@@H](NC)C(C)(C)c1ccccc1)C(C)C. The van der Waals surface area contributed by atoms with Gasteiger partial charge in [-0.2, -0.15) is 0 Å². The summed E-state index contributed by atoms with van der Waals surface area (Å²) in [5.41, 5.74) is 0.580. The minimum absolute atomic E-state index is 0.0179. The Labute approximate surface area is 211 Å². The molecule has 35 heavy (non-hydrogen) atoms. The van der Waals surface area contributed by atoms with E-state index in [0.29, 0.717) is 0 Å². The van der Waals surface area contributed by atoms with Crippen LogP contribution in [0.25, 0.3) is 0 Å². The predicted octanol–water partition coefficient (Wildman–Crippen LogP) is 4.15. The van der Waals surface area contributed by atoms with Gasteiger partial charge in [-0.1, -0.05) is 78.3 Å². The number of nitrogens with zero attached hydrogens (tertiary/aromatic N) is 1. The van der Waals surface area contributed by atoms with E-state index in [1.165, 1.54) is 7.11 Å². The van der Waals surface area contributed by atoms with Gasteiger partial charge in [-0.25, -0.2) is 0 Å². The number of amides is 1. The number of hydrogen-bond donors (Lipinski definition) is 2. The van der Waals surface area contributed by atoms with E-state index in [-0.39, 0.29) is 36.4 Å². The van der Waals surface area contributed by atoms with Gasteiger partial charge in [-0.3, -0.25) is 14.4 Å². The topological polar surface area (TPSA) is 95.9 Å². The molecule has 5 atom stereocenters. The lowest BCUT2D eigenvalue weighted by molar-refractivity contribution is -0.149. The lowest BCUT2D eigenvalue weighted by Gasteiger charge is -2.40. The maximum atomic E-state index is 13.8. The zero-order valence-electron chi connectivity index (χ0n) is 23.0. The average Bonchev–Trinajstić information content (AvgIpc) is 2.81. The molecule has 0 aliphatic heterocycles. The second-order valence-electron chi connectivity index (χ2n) is 10.5. The molecule has 1 amide bonds. The van der Waals surface area contributed by atoms with Crippen LogP contribution in [0.2, 0.25) is 0 Å². The second kappa shape index (κ2) is 13.7. The van der Waals surface area contributed by atoms with Crippen LogP contribution in [0, 0.1) is 17.8 Å². The molecule has 2 N–H and O–H groups in total. The highest BCUT2D eigenvalue weighted by molar-refractivity contribution is 5.91. The molecule has 1 aromatic carbocycles. The molecule has 7 nitrogen and oxygen atoms in total. The summed E-state index contributed by atoms with van der Waals surface area (Å²) in [7, 11) is 4.96. The van der Waals surface area contributed by atoms with Crippen molar-refractivity contribution >= 4 is 17.7 Å². The Hall–Kier alpha value is -2.25. The van der Waals surface area contributed by atoms with E-state index in [1.807, 2.05) is 71.9 Å². The Morgan fingerprint density at radius 3 is 2.09 bits per heavy atom.